The number of rotatable bonds is 3. The van der Waals surface area contributed by atoms with Crippen molar-refractivity contribution in [2.24, 2.45) is 0 Å². The summed E-state index contributed by atoms with van der Waals surface area (Å²) in [6, 6.07) is 3.87. The lowest BCUT2D eigenvalue weighted by molar-refractivity contribution is -0.384. The van der Waals surface area contributed by atoms with E-state index in [0.29, 0.717) is 10.5 Å². The van der Waals surface area contributed by atoms with Gasteiger partial charge in [0.1, 0.15) is 11.3 Å². The lowest BCUT2D eigenvalue weighted by Crippen LogP contribution is -2.33. The number of Topliss-reactive ketones (excluding diaryl/α,β-unsaturated/α-hetero) is 1. The number of aryl methyl sites for hydroxylation is 1. The molecule has 21 heavy (non-hydrogen) atoms. The maximum absolute atomic E-state index is 12.1. The summed E-state index contributed by atoms with van der Waals surface area (Å²) in [5.74, 6) is -4.01. The second-order valence-corrected chi connectivity index (χ2v) is 4.47. The van der Waals surface area contributed by atoms with E-state index in [0.717, 1.165) is 13.0 Å². The smallest absolute Gasteiger partial charge is 0.301 e. The molecule has 0 saturated carbocycles. The van der Waals surface area contributed by atoms with Crippen molar-refractivity contribution in [1.82, 2.24) is 0 Å². The van der Waals surface area contributed by atoms with Crippen molar-refractivity contribution in [1.29, 1.82) is 0 Å². The number of carbonyl (C=O) groups is 3. The van der Waals surface area contributed by atoms with Gasteiger partial charge < -0.3 is 5.11 Å². The molecule has 0 fully saturated rings. The minimum Gasteiger partial charge on any atom is -0.502 e. The molecule has 8 heteroatoms. The highest BCUT2D eigenvalue weighted by Crippen LogP contribution is 2.34. The van der Waals surface area contributed by atoms with Crippen LogP contribution in [0.3, 0.4) is 0 Å². The first-order chi connectivity index (χ1) is 9.75. The van der Waals surface area contributed by atoms with Gasteiger partial charge in [0, 0.05) is 6.07 Å². The van der Waals surface area contributed by atoms with Crippen molar-refractivity contribution in [3.8, 4) is 0 Å². The number of nitro groups is 1. The average Bonchev–Trinajstić information content (AvgIpc) is 2.59. The van der Waals surface area contributed by atoms with Gasteiger partial charge in [-0.3, -0.25) is 24.5 Å². The monoisotopic (exact) mass is 290 g/mol. The molecule has 0 aromatic heterocycles. The maximum Gasteiger partial charge on any atom is 0.301 e. The molecule has 0 unspecified atom stereocenters. The zero-order valence-electron chi connectivity index (χ0n) is 11.1. The summed E-state index contributed by atoms with van der Waals surface area (Å²) in [5, 5.41) is 20.6. The summed E-state index contributed by atoms with van der Waals surface area (Å²) in [5.41, 5.74) is -0.847. The van der Waals surface area contributed by atoms with E-state index in [1.807, 2.05) is 0 Å². The number of hydrogen-bond donors (Lipinski definition) is 1. The molecule has 108 valence electrons. The van der Waals surface area contributed by atoms with Crippen LogP contribution in [0.4, 0.5) is 11.4 Å². The molecule has 8 nitrogen and oxygen atoms in total. The van der Waals surface area contributed by atoms with Gasteiger partial charge in [0.25, 0.3) is 11.6 Å². The van der Waals surface area contributed by atoms with Crippen molar-refractivity contribution >= 4 is 29.0 Å². The van der Waals surface area contributed by atoms with Crippen molar-refractivity contribution in [3.63, 3.8) is 0 Å². The second-order valence-electron chi connectivity index (χ2n) is 4.47. The molecule has 0 atom stereocenters. The van der Waals surface area contributed by atoms with E-state index in [4.69, 9.17) is 0 Å². The summed E-state index contributed by atoms with van der Waals surface area (Å²) >= 11 is 0. The van der Waals surface area contributed by atoms with Crippen molar-refractivity contribution in [3.05, 3.63) is 45.2 Å². The Hall–Kier alpha value is -3.03. The van der Waals surface area contributed by atoms with Crippen molar-refractivity contribution < 1.29 is 24.4 Å². The molecule has 1 N–H and O–H groups in total. The van der Waals surface area contributed by atoms with Gasteiger partial charge in [-0.2, -0.15) is 0 Å². The Bertz CT molecular complexity index is 734. The fraction of sp³-hybridized carbons (Fsp3) is 0.154. The van der Waals surface area contributed by atoms with Gasteiger partial charge in [-0.15, -0.1) is 0 Å². The molecule has 2 rings (SSSR count). The number of nitrogens with zero attached hydrogens (tertiary/aromatic N) is 2. The first-order valence-electron chi connectivity index (χ1n) is 5.83. The molecule has 0 saturated heterocycles. The molecule has 2 amide bonds. The van der Waals surface area contributed by atoms with Gasteiger partial charge in [-0.1, -0.05) is 6.07 Å². The van der Waals surface area contributed by atoms with Crippen LogP contribution in [0.15, 0.2) is 29.5 Å². The molecule has 0 aliphatic carbocycles. The van der Waals surface area contributed by atoms with Gasteiger partial charge in [0.05, 0.1) is 4.92 Å². The van der Waals surface area contributed by atoms with E-state index < -0.39 is 39.5 Å². The molecular weight excluding hydrogens is 280 g/mol. The fourth-order valence-electron chi connectivity index (χ4n) is 2.02. The zero-order valence-corrected chi connectivity index (χ0v) is 11.1. The Labute approximate surface area is 118 Å². The normalized spacial score (nSPS) is 14.9. The fourth-order valence-corrected chi connectivity index (χ4v) is 2.02. The molecular formula is C13H10N2O6. The minimum absolute atomic E-state index is 0.280. The van der Waals surface area contributed by atoms with E-state index in [9.17, 15) is 29.6 Å². The van der Waals surface area contributed by atoms with Crippen molar-refractivity contribution in [2.45, 2.75) is 13.8 Å². The Balaban J connectivity index is 2.63. The summed E-state index contributed by atoms with van der Waals surface area (Å²) in [7, 11) is 0. The molecule has 1 aliphatic heterocycles. The number of hydrogen-bond acceptors (Lipinski definition) is 6. The molecule has 0 radical (unpaired) electrons. The highest BCUT2D eigenvalue weighted by Gasteiger charge is 2.43. The Morgan fingerprint density at radius 1 is 1.29 bits per heavy atom. The standard InChI is InChI=1S/C13H10N2O6/c1-6-3-4-8(15(20)21)9(5-6)14-12(18)10(7(2)16)11(17)13(14)19/h3-5,17H,1-2H3. The number of nitro benzene ring substituents is 1. The summed E-state index contributed by atoms with van der Waals surface area (Å²) in [4.78, 5) is 46.1. The molecule has 0 spiro atoms. The van der Waals surface area contributed by atoms with Crippen LogP contribution in [0.1, 0.15) is 12.5 Å². The number of imide groups is 1. The molecule has 1 heterocycles. The van der Waals surface area contributed by atoms with E-state index >= 15 is 0 Å². The first kappa shape index (κ1) is 14.4. The number of anilines is 1. The van der Waals surface area contributed by atoms with Gasteiger partial charge >= 0.3 is 5.91 Å². The van der Waals surface area contributed by atoms with E-state index in [2.05, 4.69) is 0 Å². The predicted molar refractivity (Wildman–Crippen MR) is 70.7 cm³/mol. The first-order valence-corrected chi connectivity index (χ1v) is 5.83. The topological polar surface area (TPSA) is 118 Å². The summed E-state index contributed by atoms with van der Waals surface area (Å²) in [6.07, 6.45) is 0. The summed E-state index contributed by atoms with van der Waals surface area (Å²) < 4.78 is 0. The van der Waals surface area contributed by atoms with Gasteiger partial charge in [-0.05, 0) is 25.5 Å². The van der Waals surface area contributed by atoms with Crippen LogP contribution in [-0.4, -0.2) is 27.6 Å². The number of aliphatic hydroxyl groups is 1. The number of carbonyl (C=O) groups excluding carboxylic acids is 3. The predicted octanol–water partition coefficient (Wildman–Crippen LogP) is 1.18. The third kappa shape index (κ3) is 2.16. The molecule has 1 aliphatic rings. The Morgan fingerprint density at radius 3 is 2.38 bits per heavy atom. The minimum atomic E-state index is -1.15. The lowest BCUT2D eigenvalue weighted by atomic mass is 10.1. The van der Waals surface area contributed by atoms with Gasteiger partial charge in [0.2, 0.25) is 0 Å². The van der Waals surface area contributed by atoms with Crippen LogP contribution in [0.5, 0.6) is 0 Å². The number of benzene rings is 1. The SMILES string of the molecule is CC(=O)C1=C(O)C(=O)N(c2cc(C)ccc2[N+](=O)[O-])C1=O. The third-order valence-electron chi connectivity index (χ3n) is 2.98. The van der Waals surface area contributed by atoms with E-state index in [1.165, 1.54) is 12.1 Å². The zero-order chi connectivity index (χ0) is 15.9. The van der Waals surface area contributed by atoms with Crippen LogP contribution in [0, 0.1) is 17.0 Å². The van der Waals surface area contributed by atoms with Crippen LogP contribution < -0.4 is 4.90 Å². The Morgan fingerprint density at radius 2 is 1.90 bits per heavy atom. The number of ketones is 1. The number of aliphatic hydroxyl groups excluding tert-OH is 1. The largest absolute Gasteiger partial charge is 0.502 e. The maximum atomic E-state index is 12.1. The molecule has 1 aromatic rings. The van der Waals surface area contributed by atoms with Crippen LogP contribution in [0.2, 0.25) is 0 Å². The van der Waals surface area contributed by atoms with Crippen molar-refractivity contribution in [2.75, 3.05) is 4.90 Å². The third-order valence-corrected chi connectivity index (χ3v) is 2.98. The molecule has 1 aromatic carbocycles. The Kier molecular flexibility index (Phi) is 3.30. The van der Waals surface area contributed by atoms with Gasteiger partial charge in [0.15, 0.2) is 11.5 Å². The van der Waals surface area contributed by atoms with E-state index in [1.54, 1.807) is 6.92 Å². The quantitative estimate of drug-likeness (QED) is 0.386. The van der Waals surface area contributed by atoms with Crippen LogP contribution >= 0.6 is 0 Å². The van der Waals surface area contributed by atoms with E-state index in [-0.39, 0.29) is 5.69 Å². The van der Waals surface area contributed by atoms with Crippen LogP contribution in [-0.2, 0) is 14.4 Å². The van der Waals surface area contributed by atoms with Crippen LogP contribution in [0.25, 0.3) is 0 Å². The highest BCUT2D eigenvalue weighted by molar-refractivity contribution is 6.40. The summed E-state index contributed by atoms with van der Waals surface area (Å²) in [6.45, 7) is 2.64. The average molecular weight is 290 g/mol. The highest BCUT2D eigenvalue weighted by atomic mass is 16.6. The number of amides is 2. The van der Waals surface area contributed by atoms with Gasteiger partial charge in [-0.25, -0.2) is 4.90 Å². The molecule has 0 bridgehead atoms. The lowest BCUT2D eigenvalue weighted by Gasteiger charge is -2.14. The second kappa shape index (κ2) is 4.82.